The smallest absolute Gasteiger partial charge is 0.233 e. The van der Waals surface area contributed by atoms with Crippen molar-refractivity contribution in [2.24, 2.45) is 17.8 Å². The third-order valence-electron chi connectivity index (χ3n) is 7.90. The number of methoxy groups -OCH3 is 1. The lowest BCUT2D eigenvalue weighted by atomic mass is 9.69. The van der Waals surface area contributed by atoms with E-state index in [9.17, 15) is 14.7 Å². The van der Waals surface area contributed by atoms with Crippen molar-refractivity contribution in [2.75, 3.05) is 26.9 Å². The molecule has 37 heavy (non-hydrogen) atoms. The molecule has 0 bridgehead atoms. The Labute approximate surface area is 218 Å². The van der Waals surface area contributed by atoms with Gasteiger partial charge in [0.05, 0.1) is 31.2 Å². The summed E-state index contributed by atoms with van der Waals surface area (Å²) in [6.07, 6.45) is 4.86. The number of hydrogen-bond donors (Lipinski definition) is 1. The summed E-state index contributed by atoms with van der Waals surface area (Å²) in [5.74, 6) is -0.520. The molecule has 2 amide bonds. The number of amides is 2. The zero-order valence-electron chi connectivity index (χ0n) is 21.6. The standard InChI is InChI=1S/C31H35NO5/c1-3-14-32-30(34)25-17-23(18-36-2)28-26(29(25)31(32)35)19-37-27(28)13-12-22(21-9-5-4-6-10-21)15-20-8-7-11-24(33)16-20/h4-11,15-16,25-27,29,33H,3,12-14,17-19H2,1-2H3/b22-15-/t25-,26+,27-,29-/m1/s1. The second kappa shape index (κ2) is 11.0. The first-order chi connectivity index (χ1) is 18.0. The van der Waals surface area contributed by atoms with Crippen LogP contribution in [0, 0.1) is 17.8 Å². The highest BCUT2D eigenvalue weighted by molar-refractivity contribution is 6.06. The van der Waals surface area contributed by atoms with Crippen LogP contribution >= 0.6 is 0 Å². The molecule has 0 aromatic heterocycles. The number of likely N-dealkylation sites (tertiary alicyclic amines) is 1. The molecule has 1 N–H and O–H groups in total. The normalized spacial score (nSPS) is 25.6. The van der Waals surface area contributed by atoms with Gasteiger partial charge in [0.15, 0.2) is 0 Å². The number of fused-ring (bicyclic) bond motifs is 3. The van der Waals surface area contributed by atoms with Crippen LogP contribution in [0.1, 0.15) is 43.7 Å². The molecule has 2 aromatic carbocycles. The number of benzene rings is 2. The van der Waals surface area contributed by atoms with Crippen molar-refractivity contribution in [3.05, 3.63) is 76.9 Å². The number of allylic oxidation sites excluding steroid dienone is 1. The van der Waals surface area contributed by atoms with E-state index in [-0.39, 0.29) is 41.4 Å². The van der Waals surface area contributed by atoms with Crippen molar-refractivity contribution in [1.82, 2.24) is 4.90 Å². The van der Waals surface area contributed by atoms with Crippen LogP contribution in [0.15, 0.2) is 65.7 Å². The minimum atomic E-state index is -0.323. The third-order valence-corrected chi connectivity index (χ3v) is 7.90. The van der Waals surface area contributed by atoms with Gasteiger partial charge in [0, 0.05) is 19.6 Å². The molecule has 0 spiro atoms. The molecule has 0 saturated carbocycles. The summed E-state index contributed by atoms with van der Waals surface area (Å²) >= 11 is 0. The fraction of sp³-hybridized carbons (Fsp3) is 0.419. The zero-order valence-corrected chi connectivity index (χ0v) is 21.6. The van der Waals surface area contributed by atoms with Crippen LogP contribution in [-0.2, 0) is 19.1 Å². The SMILES string of the molecule is CCCN1C(=O)[C@@H]2[C@@H](CC(COC)=C3[C@@H](CC/C(=C/c4cccc(O)c4)c4ccccc4)OC[C@@H]32)C1=O. The first-order valence-corrected chi connectivity index (χ1v) is 13.2. The van der Waals surface area contributed by atoms with Crippen molar-refractivity contribution < 1.29 is 24.2 Å². The molecule has 5 rings (SSSR count). The average Bonchev–Trinajstić information content (AvgIpc) is 3.42. The summed E-state index contributed by atoms with van der Waals surface area (Å²) in [4.78, 5) is 27.9. The molecule has 194 valence electrons. The van der Waals surface area contributed by atoms with Crippen molar-refractivity contribution in [3.8, 4) is 5.75 Å². The molecule has 6 nitrogen and oxygen atoms in total. The maximum Gasteiger partial charge on any atom is 0.233 e. The summed E-state index contributed by atoms with van der Waals surface area (Å²) in [5.41, 5.74) is 5.51. The monoisotopic (exact) mass is 501 g/mol. The summed E-state index contributed by atoms with van der Waals surface area (Å²) in [5, 5.41) is 9.95. The Morgan fingerprint density at radius 2 is 1.92 bits per heavy atom. The number of ether oxygens (including phenoxy) is 2. The molecule has 2 aromatic rings. The lowest BCUT2D eigenvalue weighted by Crippen LogP contribution is -2.35. The van der Waals surface area contributed by atoms with Crippen LogP contribution in [0.25, 0.3) is 11.6 Å². The number of hydrogen-bond acceptors (Lipinski definition) is 5. The van der Waals surface area contributed by atoms with E-state index in [0.717, 1.165) is 41.5 Å². The Balaban J connectivity index is 1.42. The van der Waals surface area contributed by atoms with Crippen LogP contribution in [0.5, 0.6) is 5.75 Å². The zero-order chi connectivity index (χ0) is 25.9. The van der Waals surface area contributed by atoms with Gasteiger partial charge in [-0.3, -0.25) is 14.5 Å². The number of carbonyl (C=O) groups is 2. The summed E-state index contributed by atoms with van der Waals surface area (Å²) in [6, 6.07) is 17.5. The van der Waals surface area contributed by atoms with Gasteiger partial charge < -0.3 is 14.6 Å². The van der Waals surface area contributed by atoms with Crippen molar-refractivity contribution in [1.29, 1.82) is 0 Å². The Morgan fingerprint density at radius 1 is 1.11 bits per heavy atom. The first-order valence-electron chi connectivity index (χ1n) is 13.2. The van der Waals surface area contributed by atoms with Crippen molar-refractivity contribution >= 4 is 23.5 Å². The molecular weight excluding hydrogens is 466 g/mol. The lowest BCUT2D eigenvalue weighted by molar-refractivity contribution is -0.140. The second-order valence-electron chi connectivity index (χ2n) is 10.3. The van der Waals surface area contributed by atoms with Crippen LogP contribution in [0.3, 0.4) is 0 Å². The maximum absolute atomic E-state index is 13.3. The second-order valence-corrected chi connectivity index (χ2v) is 10.3. The average molecular weight is 502 g/mol. The number of phenolic OH excluding ortho intramolecular Hbond substituents is 1. The third kappa shape index (κ3) is 5.00. The van der Waals surface area contributed by atoms with E-state index in [1.807, 2.05) is 37.3 Å². The Hall–Kier alpha value is -3.22. The molecule has 2 heterocycles. The Kier molecular flexibility index (Phi) is 7.58. The van der Waals surface area contributed by atoms with Gasteiger partial charge in [-0.15, -0.1) is 0 Å². The largest absolute Gasteiger partial charge is 0.508 e. The van der Waals surface area contributed by atoms with E-state index >= 15 is 0 Å². The Morgan fingerprint density at radius 3 is 2.65 bits per heavy atom. The fourth-order valence-electron chi connectivity index (χ4n) is 6.34. The van der Waals surface area contributed by atoms with Gasteiger partial charge >= 0.3 is 0 Å². The van der Waals surface area contributed by atoms with Gasteiger partial charge in [0.1, 0.15) is 5.75 Å². The molecule has 2 saturated heterocycles. The highest BCUT2D eigenvalue weighted by atomic mass is 16.5. The van der Waals surface area contributed by atoms with E-state index in [2.05, 4.69) is 18.2 Å². The first kappa shape index (κ1) is 25.4. The minimum absolute atomic E-state index is 0.0335. The minimum Gasteiger partial charge on any atom is -0.508 e. The lowest BCUT2D eigenvalue weighted by Gasteiger charge is -2.31. The van der Waals surface area contributed by atoms with Gasteiger partial charge in [-0.05, 0) is 65.7 Å². The van der Waals surface area contributed by atoms with Crippen LogP contribution in [0.2, 0.25) is 0 Å². The molecule has 4 atom stereocenters. The molecule has 0 radical (unpaired) electrons. The van der Waals surface area contributed by atoms with E-state index in [4.69, 9.17) is 9.47 Å². The number of imide groups is 1. The number of rotatable bonds is 9. The number of carbonyl (C=O) groups excluding carboxylic acids is 2. The highest BCUT2D eigenvalue weighted by Gasteiger charge is 2.56. The van der Waals surface area contributed by atoms with E-state index in [0.29, 0.717) is 26.2 Å². The van der Waals surface area contributed by atoms with Gasteiger partial charge in [0.2, 0.25) is 11.8 Å². The molecular formula is C31H35NO5. The summed E-state index contributed by atoms with van der Waals surface area (Å²) in [6.45, 7) is 3.39. The van der Waals surface area contributed by atoms with Gasteiger partial charge in [-0.1, -0.05) is 55.5 Å². The van der Waals surface area contributed by atoms with E-state index < -0.39 is 0 Å². The predicted octanol–water partition coefficient (Wildman–Crippen LogP) is 5.09. The number of nitrogens with zero attached hydrogens (tertiary/aromatic N) is 1. The van der Waals surface area contributed by atoms with Gasteiger partial charge in [-0.25, -0.2) is 0 Å². The topological polar surface area (TPSA) is 76.1 Å². The van der Waals surface area contributed by atoms with Crippen LogP contribution in [0.4, 0.5) is 0 Å². The maximum atomic E-state index is 13.3. The summed E-state index contributed by atoms with van der Waals surface area (Å²) in [7, 11) is 1.68. The Bertz CT molecular complexity index is 1220. The summed E-state index contributed by atoms with van der Waals surface area (Å²) < 4.78 is 11.9. The number of phenols is 1. The molecule has 0 unspecified atom stereocenters. The van der Waals surface area contributed by atoms with Gasteiger partial charge in [0.25, 0.3) is 0 Å². The van der Waals surface area contributed by atoms with E-state index in [1.54, 1.807) is 19.2 Å². The van der Waals surface area contributed by atoms with Crippen molar-refractivity contribution in [3.63, 3.8) is 0 Å². The quantitative estimate of drug-likeness (QED) is 0.294. The number of aromatic hydroxyl groups is 1. The molecule has 1 aliphatic carbocycles. The van der Waals surface area contributed by atoms with Crippen molar-refractivity contribution in [2.45, 2.75) is 38.7 Å². The van der Waals surface area contributed by atoms with Gasteiger partial charge in [-0.2, -0.15) is 0 Å². The predicted molar refractivity (Wildman–Crippen MR) is 142 cm³/mol. The molecule has 3 aliphatic rings. The van der Waals surface area contributed by atoms with E-state index in [1.165, 1.54) is 10.5 Å². The molecule has 6 heteroatoms. The van der Waals surface area contributed by atoms with Crippen LogP contribution < -0.4 is 0 Å². The van der Waals surface area contributed by atoms with Crippen LogP contribution in [-0.4, -0.2) is 54.8 Å². The molecule has 2 aliphatic heterocycles. The highest BCUT2D eigenvalue weighted by Crippen LogP contribution is 2.50. The fourth-order valence-corrected chi connectivity index (χ4v) is 6.34. The molecule has 2 fully saturated rings.